The van der Waals surface area contributed by atoms with Gasteiger partial charge in [-0.3, -0.25) is 63.1 Å². The van der Waals surface area contributed by atoms with Crippen molar-refractivity contribution in [3.05, 3.63) is 161 Å². The zero-order valence-electron chi connectivity index (χ0n) is 72.8. The molecule has 5 fully saturated rings. The summed E-state index contributed by atoms with van der Waals surface area (Å²) in [6.45, 7) is 25.5. The molecule has 4 saturated heterocycles. The first-order valence-electron chi connectivity index (χ1n) is 41.2. The van der Waals surface area contributed by atoms with E-state index in [4.69, 9.17) is 65.3 Å². The lowest BCUT2D eigenvalue weighted by molar-refractivity contribution is -0.193. The summed E-state index contributed by atoms with van der Waals surface area (Å²) in [5.74, 6) is -2.42. The number of carbonyl (C=O) groups excluding carboxylic acids is 15. The maximum absolute atomic E-state index is 12.9. The molecule has 35 nitrogen and oxygen atoms in total. The number of thiazole rings is 4. The van der Waals surface area contributed by atoms with E-state index in [0.717, 1.165) is 129 Å². The lowest BCUT2D eigenvalue weighted by Gasteiger charge is -2.22. The highest BCUT2D eigenvalue weighted by Crippen LogP contribution is 2.51. The Morgan fingerprint density at radius 3 is 1.13 bits per heavy atom. The van der Waals surface area contributed by atoms with E-state index in [-0.39, 0.29) is 91.3 Å². The molecule has 5 atom stereocenters. The smallest absolute Gasteiger partial charge is 0.457 e. The van der Waals surface area contributed by atoms with Crippen molar-refractivity contribution in [3.8, 4) is 41.8 Å². The molecule has 0 radical (unpaired) electrons. The van der Waals surface area contributed by atoms with Gasteiger partial charge in [0.05, 0.1) is 73.7 Å². The first-order chi connectivity index (χ1) is 60.4. The van der Waals surface area contributed by atoms with Crippen LogP contribution in [0.3, 0.4) is 0 Å². The van der Waals surface area contributed by atoms with Gasteiger partial charge in [-0.2, -0.15) is 28.8 Å². The predicted octanol–water partition coefficient (Wildman–Crippen LogP) is 9.33. The summed E-state index contributed by atoms with van der Waals surface area (Å²) in [7, 11) is 0. The third kappa shape index (κ3) is 26.1. The van der Waals surface area contributed by atoms with Crippen LogP contribution in [0.4, 0.5) is 0 Å². The number of likely N-dealkylation sites (tertiary alicyclic amines) is 4. The van der Waals surface area contributed by atoms with Crippen LogP contribution in [-0.2, 0) is 120 Å². The highest BCUT2D eigenvalue weighted by Gasteiger charge is 2.44. The fraction of sp³-hybridized carbons (Fsp3) is 0.466. The minimum Gasteiger partial charge on any atom is -0.457 e. The SMILES string of the molecule is CCC(C)c1cc(-c2sc(CC(=O)N3CCC[C@H]3C(N)=O)nc2C)ccn1.CCC1(c2cc(-c3sc(CC(=O)N4CCC[C@H]4C(N)=O)nc3C)ccn2)CC1.Cc1nc(CC(=O)N2CCC[C@H]2C(N)=O)sc1-c1ccnc(C(C)(C)C(=O)OCc2oc(=O)oc2C)c1.Cc1nc(CC(=O)N2CCC[C@H]2C(N)=O)sc1-c1ccnc(C(C)C)c1.O=C=O.O=C=O.O=C=O. The minimum absolute atomic E-state index is 0.0695. The quantitative estimate of drug-likeness (QED) is 0.0387. The number of amides is 8. The zero-order chi connectivity index (χ0) is 93.3. The lowest BCUT2D eigenvalue weighted by Crippen LogP contribution is -2.44. The summed E-state index contributed by atoms with van der Waals surface area (Å²) in [5, 5.41) is 2.94. The van der Waals surface area contributed by atoms with Crippen LogP contribution < -0.4 is 28.8 Å². The van der Waals surface area contributed by atoms with Crippen LogP contribution in [0, 0.1) is 34.6 Å². The highest BCUT2D eigenvalue weighted by atomic mass is 32.1. The second kappa shape index (κ2) is 46.1. The number of aromatic nitrogens is 8. The van der Waals surface area contributed by atoms with E-state index < -0.39 is 65.0 Å². The molecule has 8 N–H and O–H groups in total. The zero-order valence-corrected chi connectivity index (χ0v) is 76.1. The molecule has 674 valence electrons. The highest BCUT2D eigenvalue weighted by molar-refractivity contribution is 7.16. The minimum atomic E-state index is -1.11. The molecule has 14 rings (SSSR count). The molecular formula is C88H104N16O19S4. The molecule has 5 aliphatic rings. The largest absolute Gasteiger partial charge is 0.519 e. The van der Waals surface area contributed by atoms with E-state index in [2.05, 4.69) is 92.7 Å². The molecule has 127 heavy (non-hydrogen) atoms. The number of hydrogen-bond acceptors (Lipinski definition) is 31. The molecule has 0 spiro atoms. The summed E-state index contributed by atoms with van der Waals surface area (Å²) in [5.41, 5.74) is 32.2. The molecule has 1 saturated carbocycles. The third-order valence-corrected chi connectivity index (χ3v) is 27.2. The molecule has 9 aromatic heterocycles. The van der Waals surface area contributed by atoms with E-state index in [9.17, 15) is 47.9 Å². The van der Waals surface area contributed by atoms with Crippen molar-refractivity contribution in [3.63, 3.8) is 0 Å². The van der Waals surface area contributed by atoms with Crippen molar-refractivity contribution in [2.75, 3.05) is 26.2 Å². The van der Waals surface area contributed by atoms with Gasteiger partial charge in [-0.05, 0) is 208 Å². The number of esters is 1. The van der Waals surface area contributed by atoms with Crippen molar-refractivity contribution in [2.45, 2.75) is 239 Å². The van der Waals surface area contributed by atoms with Crippen molar-refractivity contribution in [1.82, 2.24) is 59.5 Å². The van der Waals surface area contributed by atoms with Crippen LogP contribution in [-0.4, -0.2) is 181 Å². The molecule has 0 bridgehead atoms. The van der Waals surface area contributed by atoms with Gasteiger partial charge in [0.25, 0.3) is 0 Å². The van der Waals surface area contributed by atoms with Gasteiger partial charge in [0.1, 0.15) is 49.6 Å². The van der Waals surface area contributed by atoms with Crippen molar-refractivity contribution in [2.24, 2.45) is 22.9 Å². The molecule has 13 heterocycles. The van der Waals surface area contributed by atoms with Gasteiger partial charge in [0, 0.05) is 73.5 Å². The van der Waals surface area contributed by atoms with Crippen LogP contribution in [0.15, 0.2) is 86.9 Å². The fourth-order valence-corrected chi connectivity index (χ4v) is 19.4. The van der Waals surface area contributed by atoms with Crippen LogP contribution in [0.1, 0.15) is 214 Å². The van der Waals surface area contributed by atoms with E-state index in [1.54, 1.807) is 59.1 Å². The number of nitrogens with two attached hydrogens (primary N) is 4. The molecule has 9 aromatic rings. The maximum Gasteiger partial charge on any atom is 0.519 e. The van der Waals surface area contributed by atoms with Gasteiger partial charge < -0.3 is 56.1 Å². The van der Waals surface area contributed by atoms with Crippen LogP contribution in [0.5, 0.6) is 0 Å². The van der Waals surface area contributed by atoms with Crippen LogP contribution >= 0.6 is 45.3 Å². The molecule has 39 heteroatoms. The number of pyridine rings is 4. The van der Waals surface area contributed by atoms with Gasteiger partial charge in [0.15, 0.2) is 18.1 Å². The summed E-state index contributed by atoms with van der Waals surface area (Å²) in [6.07, 6.45) is 18.9. The Bertz CT molecular complexity index is 5580. The van der Waals surface area contributed by atoms with Gasteiger partial charge in [-0.15, -0.1) is 45.3 Å². The number of primary amides is 4. The van der Waals surface area contributed by atoms with Crippen molar-refractivity contribution in [1.29, 1.82) is 0 Å². The van der Waals surface area contributed by atoms with Crippen LogP contribution in [0.2, 0.25) is 0 Å². The molecule has 1 unspecified atom stereocenters. The summed E-state index contributed by atoms with van der Waals surface area (Å²) in [6, 6.07) is 14.0. The average molecular weight is 1820 g/mol. The van der Waals surface area contributed by atoms with Gasteiger partial charge >= 0.3 is 30.2 Å². The predicted molar refractivity (Wildman–Crippen MR) is 465 cm³/mol. The fourth-order valence-electron chi connectivity index (χ4n) is 15.2. The number of carbonyl (C=O) groups is 9. The summed E-state index contributed by atoms with van der Waals surface area (Å²) < 4.78 is 15.0. The van der Waals surface area contributed by atoms with Gasteiger partial charge in [-0.25, -0.2) is 24.7 Å². The Kier molecular flexibility index (Phi) is 36.3. The Morgan fingerprint density at radius 2 is 0.811 bits per heavy atom. The Morgan fingerprint density at radius 1 is 0.488 bits per heavy atom. The second-order valence-electron chi connectivity index (χ2n) is 31.7. The number of nitrogens with zero attached hydrogens (tertiary/aromatic N) is 12. The Hall–Kier alpha value is -12.5. The van der Waals surface area contributed by atoms with Crippen molar-refractivity contribution < 1.29 is 85.5 Å². The molecule has 0 aromatic carbocycles. The van der Waals surface area contributed by atoms with Gasteiger partial charge in [-0.1, -0.05) is 34.6 Å². The van der Waals surface area contributed by atoms with Gasteiger partial charge in [0.2, 0.25) is 47.3 Å². The molecule has 8 amide bonds. The Labute approximate surface area is 748 Å². The number of rotatable bonds is 25. The average Bonchev–Trinajstić information content (AvgIpc) is 1.62. The summed E-state index contributed by atoms with van der Waals surface area (Å²) in [4.78, 5) is 217. The summed E-state index contributed by atoms with van der Waals surface area (Å²) >= 11 is 5.99. The topological polar surface area (TPSA) is 529 Å². The first-order valence-corrected chi connectivity index (χ1v) is 44.5. The standard InChI is InChI=1S/C25H28N4O7S.C21H26N4O2S.C20H26N4O2S.C19H24N4O2S.3CO2/c1-13-21(37-19(28-13)11-20(30)29-9-5-6-16(29)22(26)31)15-7-8-27-18(10-15)25(3,4)23(32)34-12-17-14(2)35-24(33)36-17;1-3-21(7-8-21)16-11-14(6-9-23-16)19-13(2)24-17(28-19)12-18(26)25-10-4-5-15(25)20(22)27;1-4-12(2)15-10-14(7-8-22-15)19-13(3)23-17(27-19)11-18(25)24-9-5-6-16(24)20(21)26;1-11(2)14-9-13(6-7-21-14)18-12(3)22-16(26-18)10-17(24)23-8-4-5-15(23)19(20)25;3*2-1-3/h7-8,10,16H,5-6,9,11-12H2,1-4H3,(H2,26,31);6,9,11,15H,3-5,7-8,10,12H2,1-2H3,(H2,22,27);7-8,10,12,16H,4-6,9,11H2,1-3H3,(H2,21,26);6-7,9,11,15H,4-5,8,10H2,1-3H3,(H2,20,25);;;/t16-;15-;12?,16-;15-;;;/m0000.../s1. The third-order valence-electron chi connectivity index (χ3n) is 22.4. The first kappa shape index (κ1) is 99.9. The number of aryl methyl sites for hydroxylation is 5. The number of ether oxygens (including phenoxy) is 1. The monoisotopic (exact) mass is 1820 g/mol. The van der Waals surface area contributed by atoms with E-state index in [1.165, 1.54) is 57.4 Å². The van der Waals surface area contributed by atoms with Crippen molar-refractivity contribution >= 4 is 117 Å². The second-order valence-corrected chi connectivity index (χ2v) is 36.0. The molecular weight excluding hydrogens is 1710 g/mol. The van der Waals surface area contributed by atoms with E-state index >= 15 is 0 Å². The van der Waals surface area contributed by atoms with E-state index in [1.807, 2.05) is 70.6 Å². The lowest BCUT2D eigenvalue weighted by atomic mass is 9.88. The Balaban J connectivity index is 0.000000204. The maximum atomic E-state index is 12.9. The normalized spacial score (nSPS) is 16.5. The molecule has 1 aliphatic carbocycles. The molecule has 4 aliphatic heterocycles. The van der Waals surface area contributed by atoms with E-state index in [0.29, 0.717) is 74.4 Å². The number of hydrogen-bond donors (Lipinski definition) is 4. The van der Waals surface area contributed by atoms with Crippen LogP contribution in [0.25, 0.3) is 41.8 Å².